The molecule has 0 fully saturated rings. The lowest BCUT2D eigenvalue weighted by molar-refractivity contribution is -0.161. The Morgan fingerprint density at radius 2 is 1.70 bits per heavy atom. The maximum atomic E-state index is 14.5. The number of nitrogens with zero attached hydrogens (tertiary/aromatic N) is 2. The second-order valence-corrected chi connectivity index (χ2v) is 13.2. The highest BCUT2D eigenvalue weighted by Crippen LogP contribution is 2.45. The van der Waals surface area contributed by atoms with E-state index in [1.165, 1.54) is 15.8 Å². The molecule has 43 heavy (non-hydrogen) atoms. The number of ether oxygens (including phenoxy) is 2. The summed E-state index contributed by atoms with van der Waals surface area (Å²) < 4.78 is 16.0. The Morgan fingerprint density at radius 3 is 2.40 bits per heavy atom. The van der Waals surface area contributed by atoms with Crippen molar-refractivity contribution < 1.29 is 19.4 Å². The van der Waals surface area contributed by atoms with Gasteiger partial charge >= 0.3 is 5.97 Å². The molecule has 7 heteroatoms. The highest BCUT2D eigenvalue weighted by atomic mass is 16.5. The van der Waals surface area contributed by atoms with Crippen molar-refractivity contribution in [3.8, 4) is 16.9 Å². The van der Waals surface area contributed by atoms with Gasteiger partial charge in [-0.05, 0) is 107 Å². The summed E-state index contributed by atoms with van der Waals surface area (Å²) >= 11 is 0. The molecule has 1 N–H and O–H groups in total. The summed E-state index contributed by atoms with van der Waals surface area (Å²) in [5.74, 6) is -0.229. The molecule has 4 aromatic rings. The number of rotatable bonds is 6. The first-order valence-electron chi connectivity index (χ1n) is 15.4. The van der Waals surface area contributed by atoms with E-state index < -0.39 is 17.7 Å². The highest BCUT2D eigenvalue weighted by molar-refractivity contribution is 6.02. The van der Waals surface area contributed by atoms with Crippen LogP contribution in [0.3, 0.4) is 0 Å². The topological polar surface area (TPSA) is 82.7 Å². The Balaban J connectivity index is 1.75. The predicted molar refractivity (Wildman–Crippen MR) is 169 cm³/mol. The van der Waals surface area contributed by atoms with Crippen molar-refractivity contribution in [1.82, 2.24) is 9.13 Å². The van der Waals surface area contributed by atoms with Gasteiger partial charge in [-0.25, -0.2) is 4.79 Å². The Bertz CT molecular complexity index is 1790. The monoisotopic (exact) mass is 582 g/mol. The van der Waals surface area contributed by atoms with Crippen LogP contribution in [-0.4, -0.2) is 32.4 Å². The Hall–Kier alpha value is -3.84. The number of aliphatic carboxylic acids is 1. The largest absolute Gasteiger partial charge is 0.493 e. The van der Waals surface area contributed by atoms with Gasteiger partial charge in [-0.15, -0.1) is 0 Å². The van der Waals surface area contributed by atoms with Gasteiger partial charge in [0, 0.05) is 30.2 Å². The fourth-order valence-electron chi connectivity index (χ4n) is 7.01. The number of aryl methyl sites for hydroxylation is 2. The van der Waals surface area contributed by atoms with Crippen LogP contribution in [0, 0.1) is 13.8 Å². The van der Waals surface area contributed by atoms with Gasteiger partial charge in [-0.3, -0.25) is 4.79 Å². The number of fused-ring (bicyclic) bond motifs is 4. The standard InChI is InChI=1S/C36H42N2O5/c1-21-13-15-23(16-14-21)20-38-27-12-8-7-10-26(27)30-29(25-17-18-28-24(22(25)2)11-9-19-42-28)31(37(6)34(39)32(30)38)33(35(40)41)43-36(3,4)5/h13-18,33H,7-12,19-20H2,1-6H3,(H,40,41). The molecule has 1 unspecified atom stereocenters. The molecule has 0 saturated heterocycles. The minimum absolute atomic E-state index is 0.196. The minimum atomic E-state index is -1.33. The van der Waals surface area contributed by atoms with Crippen LogP contribution in [0.15, 0.2) is 41.2 Å². The second kappa shape index (κ2) is 11.0. The third-order valence-electron chi connectivity index (χ3n) is 9.01. The van der Waals surface area contributed by atoms with Crippen molar-refractivity contribution in [3.05, 3.63) is 86.0 Å². The summed E-state index contributed by atoms with van der Waals surface area (Å²) in [5.41, 5.74) is 8.69. The molecular formula is C36H42N2O5. The molecule has 1 aliphatic heterocycles. The minimum Gasteiger partial charge on any atom is -0.493 e. The van der Waals surface area contributed by atoms with Gasteiger partial charge in [-0.2, -0.15) is 0 Å². The Morgan fingerprint density at radius 1 is 1.00 bits per heavy atom. The van der Waals surface area contributed by atoms with Crippen LogP contribution in [0.1, 0.15) is 85.3 Å². The highest BCUT2D eigenvalue weighted by Gasteiger charge is 2.36. The molecule has 0 saturated carbocycles. The fraction of sp³-hybridized carbons (Fsp3) is 0.444. The average molecular weight is 583 g/mol. The maximum Gasteiger partial charge on any atom is 0.339 e. The summed E-state index contributed by atoms with van der Waals surface area (Å²) in [6.07, 6.45) is 4.30. The normalized spacial score (nSPS) is 15.6. The van der Waals surface area contributed by atoms with Crippen LogP contribution in [0.2, 0.25) is 0 Å². The van der Waals surface area contributed by atoms with E-state index in [4.69, 9.17) is 9.47 Å². The van der Waals surface area contributed by atoms with Crippen molar-refractivity contribution in [2.75, 3.05) is 6.61 Å². The summed E-state index contributed by atoms with van der Waals surface area (Å²) in [6.45, 7) is 11.0. The van der Waals surface area contributed by atoms with E-state index in [9.17, 15) is 14.7 Å². The third-order valence-corrected chi connectivity index (χ3v) is 9.01. The number of benzene rings is 2. The molecule has 2 aromatic heterocycles. The van der Waals surface area contributed by atoms with E-state index in [1.54, 1.807) is 7.05 Å². The van der Waals surface area contributed by atoms with Gasteiger partial charge < -0.3 is 23.7 Å². The molecule has 226 valence electrons. The molecule has 6 rings (SSSR count). The quantitative estimate of drug-likeness (QED) is 0.270. The zero-order valence-electron chi connectivity index (χ0n) is 26.2. The molecule has 0 spiro atoms. The molecule has 2 aromatic carbocycles. The van der Waals surface area contributed by atoms with E-state index in [0.717, 1.165) is 83.0 Å². The summed E-state index contributed by atoms with van der Waals surface area (Å²) in [4.78, 5) is 27.5. The van der Waals surface area contributed by atoms with Crippen LogP contribution < -0.4 is 10.3 Å². The van der Waals surface area contributed by atoms with Gasteiger partial charge in [0.2, 0.25) is 0 Å². The van der Waals surface area contributed by atoms with Gasteiger partial charge in [0.05, 0.1) is 17.9 Å². The molecule has 1 aliphatic carbocycles. The first-order valence-corrected chi connectivity index (χ1v) is 15.4. The van der Waals surface area contributed by atoms with Crippen LogP contribution in [0.25, 0.3) is 22.0 Å². The molecule has 7 nitrogen and oxygen atoms in total. The van der Waals surface area contributed by atoms with Crippen molar-refractivity contribution in [1.29, 1.82) is 0 Å². The van der Waals surface area contributed by atoms with Crippen molar-refractivity contribution in [3.63, 3.8) is 0 Å². The van der Waals surface area contributed by atoms with Crippen molar-refractivity contribution >= 4 is 16.9 Å². The summed E-state index contributed by atoms with van der Waals surface area (Å²) in [6, 6.07) is 12.5. The smallest absolute Gasteiger partial charge is 0.339 e. The molecule has 0 radical (unpaired) electrons. The molecule has 1 atom stereocenters. The number of pyridine rings is 1. The fourth-order valence-corrected chi connectivity index (χ4v) is 7.01. The molecule has 2 aliphatic rings. The van der Waals surface area contributed by atoms with Crippen molar-refractivity contribution in [2.45, 2.75) is 91.4 Å². The second-order valence-electron chi connectivity index (χ2n) is 13.2. The van der Waals surface area contributed by atoms with E-state index in [0.29, 0.717) is 24.4 Å². The number of hydrogen-bond acceptors (Lipinski definition) is 4. The lowest BCUT2D eigenvalue weighted by Crippen LogP contribution is -2.33. The number of carboxylic acid groups (broad SMARTS) is 1. The van der Waals surface area contributed by atoms with E-state index in [1.807, 2.05) is 32.9 Å². The van der Waals surface area contributed by atoms with Gasteiger partial charge in [0.1, 0.15) is 11.3 Å². The third kappa shape index (κ3) is 5.18. The molecule has 0 bridgehead atoms. The number of aromatic nitrogens is 2. The maximum absolute atomic E-state index is 14.5. The van der Waals surface area contributed by atoms with Crippen molar-refractivity contribution in [2.24, 2.45) is 7.05 Å². The van der Waals surface area contributed by atoms with Gasteiger partial charge in [0.25, 0.3) is 5.56 Å². The zero-order chi connectivity index (χ0) is 30.6. The molecular weight excluding hydrogens is 540 g/mol. The SMILES string of the molecule is Cc1ccc(Cn2c3c(c4c(-c5ccc6c(c5C)CCCO6)c(C(OC(C)(C)C)C(=O)O)n(C)c(=O)c42)CCCC3)cc1. The van der Waals surface area contributed by atoms with Crippen LogP contribution in [-0.2, 0) is 42.4 Å². The summed E-state index contributed by atoms with van der Waals surface area (Å²) in [7, 11) is 1.70. The Labute approximate surface area is 253 Å². The zero-order valence-corrected chi connectivity index (χ0v) is 26.2. The Kier molecular flexibility index (Phi) is 7.49. The van der Waals surface area contributed by atoms with Crippen LogP contribution >= 0.6 is 0 Å². The lowest BCUT2D eigenvalue weighted by atomic mass is 9.86. The molecule has 3 heterocycles. The van der Waals surface area contributed by atoms with E-state index in [-0.39, 0.29) is 5.56 Å². The molecule has 0 amide bonds. The average Bonchev–Trinajstić information content (AvgIpc) is 3.29. The number of carbonyl (C=O) groups is 1. The first kappa shape index (κ1) is 29.2. The van der Waals surface area contributed by atoms with Crippen LogP contribution in [0.4, 0.5) is 0 Å². The van der Waals surface area contributed by atoms with Crippen LogP contribution in [0.5, 0.6) is 5.75 Å². The number of hydrogen-bond donors (Lipinski definition) is 1. The first-order chi connectivity index (χ1) is 20.5. The van der Waals surface area contributed by atoms with E-state index >= 15 is 0 Å². The van der Waals surface area contributed by atoms with Gasteiger partial charge in [0.15, 0.2) is 6.10 Å². The van der Waals surface area contributed by atoms with Gasteiger partial charge in [-0.1, -0.05) is 35.9 Å². The lowest BCUT2D eigenvalue weighted by Gasteiger charge is -2.29. The van der Waals surface area contributed by atoms with E-state index in [2.05, 4.69) is 42.7 Å². The summed E-state index contributed by atoms with van der Waals surface area (Å²) in [5, 5.41) is 11.5. The predicted octanol–water partition coefficient (Wildman–Crippen LogP) is 6.82. The number of carboxylic acids is 1.